The molecule has 140 valence electrons. The molecule has 1 N–H and O–H groups in total. The monoisotopic (exact) mass is 355 g/mol. The minimum atomic E-state index is 0.731. The summed E-state index contributed by atoms with van der Waals surface area (Å²) in [5.41, 5.74) is 0. The van der Waals surface area contributed by atoms with Crippen LogP contribution in [0, 0.1) is 5.92 Å². The molecule has 0 bridgehead atoms. The van der Waals surface area contributed by atoms with Gasteiger partial charge < -0.3 is 20.0 Å². The average Bonchev–Trinajstić information content (AvgIpc) is 2.60. The predicted octanol–water partition coefficient (Wildman–Crippen LogP) is 1.66. The highest BCUT2D eigenvalue weighted by Crippen LogP contribution is 2.24. The van der Waals surface area contributed by atoms with E-state index in [0.29, 0.717) is 0 Å². The lowest BCUT2D eigenvalue weighted by atomic mass is 10.1. The molecule has 0 aliphatic carbocycles. The van der Waals surface area contributed by atoms with Crippen molar-refractivity contribution in [2.75, 3.05) is 72.2 Å². The molecule has 5 nitrogen and oxygen atoms in total. The van der Waals surface area contributed by atoms with Gasteiger partial charge in [0.15, 0.2) is 5.96 Å². The highest BCUT2D eigenvalue weighted by atomic mass is 32.2. The molecule has 2 aliphatic heterocycles. The van der Waals surface area contributed by atoms with Gasteiger partial charge >= 0.3 is 0 Å². The van der Waals surface area contributed by atoms with Crippen LogP contribution in [0.3, 0.4) is 0 Å². The minimum absolute atomic E-state index is 0.731. The summed E-state index contributed by atoms with van der Waals surface area (Å²) < 4.78 is 0. The lowest BCUT2D eigenvalue weighted by Crippen LogP contribution is -2.49. The van der Waals surface area contributed by atoms with Gasteiger partial charge in [0.1, 0.15) is 0 Å². The Kier molecular flexibility index (Phi) is 8.70. The zero-order valence-corrected chi connectivity index (χ0v) is 16.9. The summed E-state index contributed by atoms with van der Waals surface area (Å²) in [7, 11) is 4.13. The van der Waals surface area contributed by atoms with Crippen LogP contribution < -0.4 is 5.32 Å². The number of nitrogens with zero attached hydrogens (tertiary/aromatic N) is 4. The highest BCUT2D eigenvalue weighted by molar-refractivity contribution is 8.00. The Bertz CT molecular complexity index is 380. The van der Waals surface area contributed by atoms with Crippen LogP contribution in [0.1, 0.15) is 26.7 Å². The fourth-order valence-electron chi connectivity index (χ4n) is 3.34. The Labute approximate surface area is 153 Å². The minimum Gasteiger partial charge on any atom is -0.356 e. The van der Waals surface area contributed by atoms with E-state index in [1.165, 1.54) is 51.3 Å². The molecule has 24 heavy (non-hydrogen) atoms. The van der Waals surface area contributed by atoms with Gasteiger partial charge in [0.05, 0.1) is 0 Å². The second-order valence-electron chi connectivity index (χ2n) is 7.43. The molecule has 2 saturated heterocycles. The Hall–Kier alpha value is -0.460. The number of hydrogen-bond acceptors (Lipinski definition) is 4. The first-order chi connectivity index (χ1) is 11.6. The zero-order valence-electron chi connectivity index (χ0n) is 16.1. The van der Waals surface area contributed by atoms with Gasteiger partial charge in [-0.3, -0.25) is 4.99 Å². The third-order valence-corrected chi connectivity index (χ3v) is 6.67. The highest BCUT2D eigenvalue weighted by Gasteiger charge is 2.24. The van der Waals surface area contributed by atoms with Crippen LogP contribution in [0.5, 0.6) is 0 Å². The zero-order chi connectivity index (χ0) is 17.4. The van der Waals surface area contributed by atoms with Gasteiger partial charge in [-0.25, -0.2) is 0 Å². The summed E-state index contributed by atoms with van der Waals surface area (Å²) in [6.45, 7) is 14.1. The Balaban J connectivity index is 1.61. The fourth-order valence-corrected chi connectivity index (χ4v) is 4.63. The van der Waals surface area contributed by atoms with E-state index in [2.05, 4.69) is 57.7 Å². The third-order valence-electron chi connectivity index (χ3n) is 5.13. The fraction of sp³-hybridized carbons (Fsp3) is 0.944. The van der Waals surface area contributed by atoms with Gasteiger partial charge in [-0.15, -0.1) is 0 Å². The van der Waals surface area contributed by atoms with Crippen molar-refractivity contribution in [2.45, 2.75) is 31.9 Å². The molecule has 0 saturated carbocycles. The molecule has 0 amide bonds. The van der Waals surface area contributed by atoms with Crippen molar-refractivity contribution in [1.82, 2.24) is 20.0 Å². The maximum atomic E-state index is 4.51. The van der Waals surface area contributed by atoms with Gasteiger partial charge in [-0.1, -0.05) is 13.8 Å². The molecule has 0 aromatic heterocycles. The van der Waals surface area contributed by atoms with E-state index < -0.39 is 0 Å². The lowest BCUT2D eigenvalue weighted by Gasteiger charge is -2.36. The molecule has 2 rings (SSSR count). The molecule has 2 aliphatic rings. The van der Waals surface area contributed by atoms with Gasteiger partial charge in [0, 0.05) is 63.9 Å². The van der Waals surface area contributed by atoms with Crippen LogP contribution in [0.25, 0.3) is 0 Å². The van der Waals surface area contributed by atoms with Crippen molar-refractivity contribution in [2.24, 2.45) is 10.9 Å². The summed E-state index contributed by atoms with van der Waals surface area (Å²) >= 11 is 2.12. The maximum Gasteiger partial charge on any atom is 0.193 e. The molecule has 6 heteroatoms. The quantitative estimate of drug-likeness (QED) is 0.445. The molecule has 1 unspecified atom stereocenters. The van der Waals surface area contributed by atoms with Gasteiger partial charge in [-0.2, -0.15) is 11.8 Å². The van der Waals surface area contributed by atoms with Crippen molar-refractivity contribution in [3.05, 3.63) is 0 Å². The van der Waals surface area contributed by atoms with E-state index in [1.54, 1.807) is 0 Å². The van der Waals surface area contributed by atoms with Crippen molar-refractivity contribution in [3.8, 4) is 0 Å². The molecule has 1 atom stereocenters. The Morgan fingerprint density at radius 3 is 2.58 bits per heavy atom. The molecule has 0 aromatic carbocycles. The number of hydrogen-bond donors (Lipinski definition) is 1. The van der Waals surface area contributed by atoms with E-state index >= 15 is 0 Å². The number of likely N-dealkylation sites (N-methyl/N-ethyl adjacent to an activating group) is 1. The van der Waals surface area contributed by atoms with Crippen LogP contribution >= 0.6 is 11.8 Å². The van der Waals surface area contributed by atoms with Crippen LogP contribution in [0.4, 0.5) is 0 Å². The van der Waals surface area contributed by atoms with Gasteiger partial charge in [0.25, 0.3) is 0 Å². The van der Waals surface area contributed by atoms with Gasteiger partial charge in [0.2, 0.25) is 0 Å². The number of thioether (sulfide) groups is 1. The maximum absolute atomic E-state index is 4.51. The average molecular weight is 356 g/mol. The van der Waals surface area contributed by atoms with Crippen molar-refractivity contribution in [1.29, 1.82) is 0 Å². The molecule has 0 aromatic rings. The van der Waals surface area contributed by atoms with Crippen molar-refractivity contribution >= 4 is 17.7 Å². The molecule has 2 fully saturated rings. The third kappa shape index (κ3) is 6.45. The molecular formula is C18H37N5S. The van der Waals surface area contributed by atoms with Crippen LogP contribution in [-0.2, 0) is 0 Å². The normalized spacial score (nSPS) is 24.6. The number of guanidine groups is 1. The van der Waals surface area contributed by atoms with E-state index in [9.17, 15) is 0 Å². The standard InChI is InChI=1S/C18H37N5S/c1-16(2)17-15-23(13-14-24-17)18(19-3)20-7-5-6-8-22-11-9-21(4)10-12-22/h16-17H,5-15H2,1-4H3,(H,19,20). The lowest BCUT2D eigenvalue weighted by molar-refractivity contribution is 0.152. The first-order valence-corrected chi connectivity index (χ1v) is 10.6. The van der Waals surface area contributed by atoms with E-state index in [0.717, 1.165) is 36.8 Å². The topological polar surface area (TPSA) is 34.1 Å². The van der Waals surface area contributed by atoms with Crippen molar-refractivity contribution < 1.29 is 0 Å². The number of rotatable bonds is 6. The second kappa shape index (κ2) is 10.5. The van der Waals surface area contributed by atoms with Gasteiger partial charge in [-0.05, 0) is 32.4 Å². The van der Waals surface area contributed by atoms with Crippen LogP contribution in [0.15, 0.2) is 4.99 Å². The largest absolute Gasteiger partial charge is 0.356 e. The Morgan fingerprint density at radius 1 is 1.17 bits per heavy atom. The summed E-state index contributed by atoms with van der Waals surface area (Å²) in [5, 5.41) is 4.31. The number of nitrogens with one attached hydrogen (secondary N) is 1. The van der Waals surface area contributed by atoms with Crippen molar-refractivity contribution in [3.63, 3.8) is 0 Å². The molecular weight excluding hydrogens is 318 g/mol. The van der Waals surface area contributed by atoms with E-state index in [-0.39, 0.29) is 0 Å². The van der Waals surface area contributed by atoms with E-state index in [1.807, 2.05) is 7.05 Å². The number of unbranched alkanes of at least 4 members (excludes halogenated alkanes) is 1. The summed E-state index contributed by atoms with van der Waals surface area (Å²) in [5.74, 6) is 3.05. The molecule has 0 spiro atoms. The number of piperazine rings is 1. The number of aliphatic imine (C=N–C) groups is 1. The molecule has 0 radical (unpaired) electrons. The van der Waals surface area contributed by atoms with Crippen LogP contribution in [0.2, 0.25) is 0 Å². The Morgan fingerprint density at radius 2 is 1.92 bits per heavy atom. The smallest absolute Gasteiger partial charge is 0.193 e. The first kappa shape index (κ1) is 19.9. The predicted molar refractivity (Wildman–Crippen MR) is 107 cm³/mol. The summed E-state index contributed by atoms with van der Waals surface area (Å²) in [6.07, 6.45) is 2.50. The first-order valence-electron chi connectivity index (χ1n) is 9.58. The van der Waals surface area contributed by atoms with Crippen LogP contribution in [-0.4, -0.2) is 98.1 Å². The SMILES string of the molecule is CN=C(NCCCCN1CCN(C)CC1)N1CCSC(C(C)C)C1. The summed E-state index contributed by atoms with van der Waals surface area (Å²) in [6, 6.07) is 0. The second-order valence-corrected chi connectivity index (χ2v) is 8.77. The van der Waals surface area contributed by atoms with E-state index in [4.69, 9.17) is 0 Å². The molecule has 2 heterocycles. The summed E-state index contributed by atoms with van der Waals surface area (Å²) in [4.78, 5) is 12.0.